The minimum Gasteiger partial charge on any atom is -0.383 e. The SMILES string of the molecule is COCC(Br)CNC(=O)Cc1ccc(C(F)(F)F)cc1. The van der Waals surface area contributed by atoms with Crippen LogP contribution in [0.4, 0.5) is 13.2 Å². The summed E-state index contributed by atoms with van der Waals surface area (Å²) in [5, 5.41) is 2.67. The predicted octanol–water partition coefficient (Wildman–Crippen LogP) is 2.77. The minimum atomic E-state index is -4.36. The molecule has 1 aromatic rings. The molecule has 20 heavy (non-hydrogen) atoms. The van der Waals surface area contributed by atoms with E-state index in [9.17, 15) is 18.0 Å². The fourth-order valence-corrected chi connectivity index (χ4v) is 1.95. The third kappa shape index (κ3) is 5.92. The van der Waals surface area contributed by atoms with Gasteiger partial charge in [0, 0.05) is 13.7 Å². The highest BCUT2D eigenvalue weighted by Crippen LogP contribution is 2.29. The number of carbonyl (C=O) groups is 1. The van der Waals surface area contributed by atoms with E-state index in [2.05, 4.69) is 21.2 Å². The number of hydrogen-bond acceptors (Lipinski definition) is 2. The van der Waals surface area contributed by atoms with Crippen LogP contribution in [0.2, 0.25) is 0 Å². The van der Waals surface area contributed by atoms with Crippen molar-refractivity contribution in [1.82, 2.24) is 5.32 Å². The molecule has 0 aromatic heterocycles. The van der Waals surface area contributed by atoms with Crippen molar-refractivity contribution in [1.29, 1.82) is 0 Å². The molecular weight excluding hydrogens is 339 g/mol. The normalized spacial score (nSPS) is 13.1. The van der Waals surface area contributed by atoms with Crippen molar-refractivity contribution in [3.05, 3.63) is 35.4 Å². The van der Waals surface area contributed by atoms with E-state index in [1.807, 2.05) is 0 Å². The van der Waals surface area contributed by atoms with E-state index >= 15 is 0 Å². The topological polar surface area (TPSA) is 38.3 Å². The van der Waals surface area contributed by atoms with Gasteiger partial charge in [-0.15, -0.1) is 0 Å². The molecule has 7 heteroatoms. The molecule has 1 atom stereocenters. The fraction of sp³-hybridized carbons (Fsp3) is 0.462. The van der Waals surface area contributed by atoms with Gasteiger partial charge in [-0.25, -0.2) is 0 Å². The van der Waals surface area contributed by atoms with E-state index in [4.69, 9.17) is 4.74 Å². The van der Waals surface area contributed by atoms with Crippen LogP contribution < -0.4 is 5.32 Å². The summed E-state index contributed by atoms with van der Waals surface area (Å²) in [6.45, 7) is 0.855. The van der Waals surface area contributed by atoms with E-state index in [0.29, 0.717) is 18.7 Å². The molecule has 0 fully saturated rings. The number of nitrogens with one attached hydrogen (secondary N) is 1. The number of benzene rings is 1. The van der Waals surface area contributed by atoms with Gasteiger partial charge in [-0.1, -0.05) is 28.1 Å². The number of ether oxygens (including phenoxy) is 1. The fourth-order valence-electron chi connectivity index (χ4n) is 1.52. The first kappa shape index (κ1) is 17.0. The molecule has 1 rings (SSSR count). The van der Waals surface area contributed by atoms with E-state index in [-0.39, 0.29) is 17.2 Å². The highest BCUT2D eigenvalue weighted by Gasteiger charge is 2.29. The number of carbonyl (C=O) groups excluding carboxylic acids is 1. The molecule has 0 aliphatic heterocycles. The Morgan fingerprint density at radius 2 is 1.95 bits per heavy atom. The summed E-state index contributed by atoms with van der Waals surface area (Å²) in [5.41, 5.74) is -0.185. The van der Waals surface area contributed by atoms with Crippen molar-refractivity contribution >= 4 is 21.8 Å². The van der Waals surface area contributed by atoms with Crippen LogP contribution in [-0.2, 0) is 22.1 Å². The average Bonchev–Trinajstić information content (AvgIpc) is 2.36. The van der Waals surface area contributed by atoms with Crippen LogP contribution in [-0.4, -0.2) is 31.0 Å². The van der Waals surface area contributed by atoms with Crippen molar-refractivity contribution < 1.29 is 22.7 Å². The van der Waals surface area contributed by atoms with Crippen molar-refractivity contribution in [2.75, 3.05) is 20.3 Å². The van der Waals surface area contributed by atoms with Crippen LogP contribution in [0.3, 0.4) is 0 Å². The first-order chi connectivity index (χ1) is 9.32. The number of alkyl halides is 4. The molecule has 1 unspecified atom stereocenters. The molecular formula is C13H15BrF3NO2. The number of halogens is 4. The van der Waals surface area contributed by atoms with Crippen molar-refractivity contribution in [3.63, 3.8) is 0 Å². The highest BCUT2D eigenvalue weighted by molar-refractivity contribution is 9.09. The van der Waals surface area contributed by atoms with E-state index < -0.39 is 11.7 Å². The van der Waals surface area contributed by atoms with Gasteiger partial charge < -0.3 is 10.1 Å². The van der Waals surface area contributed by atoms with Gasteiger partial charge in [0.2, 0.25) is 5.91 Å². The van der Waals surface area contributed by atoms with Crippen LogP contribution in [0.25, 0.3) is 0 Å². The molecule has 0 heterocycles. The Bertz CT molecular complexity index is 434. The summed E-state index contributed by atoms with van der Waals surface area (Å²) in [5.74, 6) is -0.245. The first-order valence-corrected chi connectivity index (χ1v) is 6.80. The summed E-state index contributed by atoms with van der Waals surface area (Å²) in [6.07, 6.45) is -4.31. The second-order valence-electron chi connectivity index (χ2n) is 4.23. The van der Waals surface area contributed by atoms with Crippen molar-refractivity contribution in [3.8, 4) is 0 Å². The molecule has 0 bridgehead atoms. The van der Waals surface area contributed by atoms with Crippen LogP contribution in [0, 0.1) is 0 Å². The Hall–Kier alpha value is -1.08. The Morgan fingerprint density at radius 1 is 1.35 bits per heavy atom. The summed E-state index contributed by atoms with van der Waals surface area (Å²) in [6, 6.07) is 4.56. The zero-order valence-corrected chi connectivity index (χ0v) is 12.4. The summed E-state index contributed by atoms with van der Waals surface area (Å²) >= 11 is 3.32. The molecule has 3 nitrogen and oxygen atoms in total. The zero-order chi connectivity index (χ0) is 15.2. The standard InChI is InChI=1S/C13H15BrF3NO2/c1-20-8-11(14)7-18-12(19)6-9-2-4-10(5-3-9)13(15,16)17/h2-5,11H,6-8H2,1H3,(H,18,19). The van der Waals surface area contributed by atoms with Crippen LogP contribution >= 0.6 is 15.9 Å². The van der Waals surface area contributed by atoms with Gasteiger partial charge in [0.15, 0.2) is 0 Å². The minimum absolute atomic E-state index is 0.00376. The maximum atomic E-state index is 12.4. The molecule has 0 radical (unpaired) electrons. The maximum Gasteiger partial charge on any atom is 0.416 e. The van der Waals surface area contributed by atoms with Gasteiger partial charge in [0.1, 0.15) is 0 Å². The van der Waals surface area contributed by atoms with E-state index in [1.54, 1.807) is 7.11 Å². The average molecular weight is 354 g/mol. The lowest BCUT2D eigenvalue weighted by Crippen LogP contribution is -2.32. The summed E-state index contributed by atoms with van der Waals surface area (Å²) in [7, 11) is 1.55. The molecule has 1 aromatic carbocycles. The number of methoxy groups -OCH3 is 1. The third-order valence-corrected chi connectivity index (χ3v) is 3.10. The van der Waals surface area contributed by atoms with Gasteiger partial charge in [0.25, 0.3) is 0 Å². The largest absolute Gasteiger partial charge is 0.416 e. The zero-order valence-electron chi connectivity index (χ0n) is 10.8. The van der Waals surface area contributed by atoms with Crippen molar-refractivity contribution in [2.45, 2.75) is 17.4 Å². The molecule has 0 saturated carbocycles. The van der Waals surface area contributed by atoms with Crippen LogP contribution in [0.1, 0.15) is 11.1 Å². The summed E-state index contributed by atoms with van der Waals surface area (Å²) < 4.78 is 42.0. The molecule has 0 spiro atoms. The van der Waals surface area contributed by atoms with Crippen LogP contribution in [0.15, 0.2) is 24.3 Å². The van der Waals surface area contributed by atoms with Crippen molar-refractivity contribution in [2.24, 2.45) is 0 Å². The number of rotatable bonds is 6. The summed E-state index contributed by atoms with van der Waals surface area (Å²) in [4.78, 5) is 11.6. The number of hydrogen-bond donors (Lipinski definition) is 1. The molecule has 1 amide bonds. The predicted molar refractivity (Wildman–Crippen MR) is 72.7 cm³/mol. The van der Waals surface area contributed by atoms with Gasteiger partial charge in [-0.2, -0.15) is 13.2 Å². The highest BCUT2D eigenvalue weighted by atomic mass is 79.9. The van der Waals surface area contributed by atoms with Gasteiger partial charge in [-0.05, 0) is 17.7 Å². The van der Waals surface area contributed by atoms with Crippen LogP contribution in [0.5, 0.6) is 0 Å². The molecule has 112 valence electrons. The Kier molecular flexibility index (Phi) is 6.48. The molecule has 1 N–H and O–H groups in total. The number of amides is 1. The lowest BCUT2D eigenvalue weighted by atomic mass is 10.1. The molecule has 0 saturated heterocycles. The lowest BCUT2D eigenvalue weighted by molar-refractivity contribution is -0.137. The molecule has 0 aliphatic rings. The Balaban J connectivity index is 2.46. The smallest absolute Gasteiger partial charge is 0.383 e. The van der Waals surface area contributed by atoms with Gasteiger partial charge >= 0.3 is 6.18 Å². The van der Waals surface area contributed by atoms with E-state index in [1.165, 1.54) is 12.1 Å². The second kappa shape index (κ2) is 7.64. The second-order valence-corrected chi connectivity index (χ2v) is 5.52. The van der Waals surface area contributed by atoms with E-state index in [0.717, 1.165) is 12.1 Å². The molecule has 0 aliphatic carbocycles. The first-order valence-electron chi connectivity index (χ1n) is 5.88. The Morgan fingerprint density at radius 3 is 2.45 bits per heavy atom. The maximum absolute atomic E-state index is 12.4. The Labute approximate surface area is 123 Å². The lowest BCUT2D eigenvalue weighted by Gasteiger charge is -2.11. The van der Waals surface area contributed by atoms with Gasteiger partial charge in [-0.3, -0.25) is 4.79 Å². The monoisotopic (exact) mass is 353 g/mol. The third-order valence-electron chi connectivity index (χ3n) is 2.51. The quantitative estimate of drug-likeness (QED) is 0.798. The van der Waals surface area contributed by atoms with Gasteiger partial charge in [0.05, 0.1) is 23.4 Å².